The molecule has 70 valence electrons. The van der Waals surface area contributed by atoms with Gasteiger partial charge in [-0.05, 0) is 24.6 Å². The molecule has 0 unspecified atom stereocenters. The predicted molar refractivity (Wildman–Crippen MR) is 45.4 cm³/mol. The summed E-state index contributed by atoms with van der Waals surface area (Å²) in [4.78, 5) is 10.7. The van der Waals surface area contributed by atoms with Crippen molar-refractivity contribution in [2.24, 2.45) is 0 Å². The van der Waals surface area contributed by atoms with E-state index in [0.29, 0.717) is 0 Å². The lowest BCUT2D eigenvalue weighted by molar-refractivity contribution is -0.125. The van der Waals surface area contributed by atoms with E-state index in [-0.39, 0.29) is 17.1 Å². The van der Waals surface area contributed by atoms with E-state index in [1.54, 1.807) is 0 Å². The molecule has 0 bridgehead atoms. The Bertz CT molecular complexity index is 332. The van der Waals surface area contributed by atoms with Crippen molar-refractivity contribution in [1.29, 1.82) is 0 Å². The molecule has 3 N–H and O–H groups in total. The van der Waals surface area contributed by atoms with Gasteiger partial charge in [0.25, 0.3) is 0 Å². The highest BCUT2D eigenvalue weighted by Crippen LogP contribution is 2.27. The van der Waals surface area contributed by atoms with Crippen LogP contribution in [0.25, 0.3) is 0 Å². The summed E-state index contributed by atoms with van der Waals surface area (Å²) in [7, 11) is 0. The van der Waals surface area contributed by atoms with Crippen molar-refractivity contribution >= 4 is 5.78 Å². The van der Waals surface area contributed by atoms with Crippen LogP contribution in [0, 0.1) is 0 Å². The van der Waals surface area contributed by atoms with E-state index < -0.39 is 11.9 Å². The Morgan fingerprint density at radius 3 is 2.38 bits per heavy atom. The Labute approximate surface area is 75.1 Å². The van der Waals surface area contributed by atoms with Gasteiger partial charge in [-0.2, -0.15) is 0 Å². The van der Waals surface area contributed by atoms with E-state index in [0.717, 1.165) is 6.07 Å². The lowest BCUT2D eigenvalue weighted by Crippen LogP contribution is -2.06. The van der Waals surface area contributed by atoms with Gasteiger partial charge in [-0.3, -0.25) is 4.79 Å². The Morgan fingerprint density at radius 1 is 1.31 bits per heavy atom. The van der Waals surface area contributed by atoms with E-state index in [1.165, 1.54) is 19.1 Å². The highest BCUT2D eigenvalue weighted by atomic mass is 16.3. The van der Waals surface area contributed by atoms with Crippen LogP contribution in [0.4, 0.5) is 0 Å². The zero-order valence-corrected chi connectivity index (χ0v) is 7.06. The molecule has 0 saturated carbocycles. The third-order valence-electron chi connectivity index (χ3n) is 1.70. The minimum Gasteiger partial charge on any atom is -0.504 e. The number of rotatable bonds is 2. The number of phenols is 2. The second kappa shape index (κ2) is 3.45. The molecule has 0 aliphatic heterocycles. The first-order valence-corrected chi connectivity index (χ1v) is 3.72. The van der Waals surface area contributed by atoms with Crippen molar-refractivity contribution in [3.05, 3.63) is 23.8 Å². The SMILES string of the molecule is CC(=O)[C@H](O)c1ccc(O)c(O)c1. The molecule has 4 nitrogen and oxygen atoms in total. The minimum absolute atomic E-state index is 0.266. The standard InChI is InChI=1S/C9H10O4/c1-5(10)9(13)6-2-3-7(11)8(12)4-6/h2-4,9,11-13H,1H3/t9-/m0/s1. The average molecular weight is 182 g/mol. The predicted octanol–water partition coefficient (Wildman–Crippen LogP) is 0.720. The number of carbonyl (C=O) groups is 1. The minimum atomic E-state index is -1.24. The lowest BCUT2D eigenvalue weighted by atomic mass is 10.1. The maximum Gasteiger partial charge on any atom is 0.162 e. The third-order valence-corrected chi connectivity index (χ3v) is 1.70. The first-order chi connectivity index (χ1) is 6.02. The Balaban J connectivity index is 3.03. The van der Waals surface area contributed by atoms with E-state index in [2.05, 4.69) is 0 Å². The Hall–Kier alpha value is -1.55. The fraction of sp³-hybridized carbons (Fsp3) is 0.222. The molecule has 13 heavy (non-hydrogen) atoms. The summed E-state index contributed by atoms with van der Waals surface area (Å²) in [5.41, 5.74) is 0.266. The monoisotopic (exact) mass is 182 g/mol. The van der Waals surface area contributed by atoms with Gasteiger partial charge in [0.2, 0.25) is 0 Å². The zero-order chi connectivity index (χ0) is 10.0. The summed E-state index contributed by atoms with van der Waals surface area (Å²) in [6.45, 7) is 1.24. The van der Waals surface area contributed by atoms with E-state index in [1.807, 2.05) is 0 Å². The van der Waals surface area contributed by atoms with E-state index in [9.17, 15) is 9.90 Å². The third kappa shape index (κ3) is 1.97. The molecule has 0 spiro atoms. The maximum absolute atomic E-state index is 10.7. The molecule has 1 aromatic rings. The highest BCUT2D eigenvalue weighted by molar-refractivity contribution is 5.81. The molecule has 0 aliphatic carbocycles. The summed E-state index contributed by atoms with van der Waals surface area (Å²) in [5.74, 6) is -1.04. The van der Waals surface area contributed by atoms with Crippen LogP contribution in [0.1, 0.15) is 18.6 Å². The van der Waals surface area contributed by atoms with Crippen molar-refractivity contribution in [3.63, 3.8) is 0 Å². The number of aromatic hydroxyl groups is 2. The van der Waals surface area contributed by atoms with Gasteiger partial charge in [0.15, 0.2) is 17.3 Å². The normalized spacial score (nSPS) is 12.5. The molecule has 1 atom stereocenters. The van der Waals surface area contributed by atoms with E-state index in [4.69, 9.17) is 10.2 Å². The second-order valence-corrected chi connectivity index (χ2v) is 2.76. The number of hydrogen-bond acceptors (Lipinski definition) is 4. The van der Waals surface area contributed by atoms with Gasteiger partial charge in [0.05, 0.1) is 0 Å². The molecule has 0 radical (unpaired) electrons. The number of hydrogen-bond donors (Lipinski definition) is 3. The maximum atomic E-state index is 10.7. The van der Waals surface area contributed by atoms with Gasteiger partial charge in [0, 0.05) is 0 Å². The Kier molecular flexibility index (Phi) is 2.53. The van der Waals surface area contributed by atoms with Gasteiger partial charge >= 0.3 is 0 Å². The van der Waals surface area contributed by atoms with Crippen LogP contribution < -0.4 is 0 Å². The van der Waals surface area contributed by atoms with Gasteiger partial charge in [-0.15, -0.1) is 0 Å². The van der Waals surface area contributed by atoms with Crippen LogP contribution in [0.5, 0.6) is 11.5 Å². The molecule has 4 heteroatoms. The van der Waals surface area contributed by atoms with Crippen molar-refractivity contribution < 1.29 is 20.1 Å². The highest BCUT2D eigenvalue weighted by Gasteiger charge is 2.13. The quantitative estimate of drug-likeness (QED) is 0.589. The number of Topliss-reactive ketones (excluding diaryl/α,β-unsaturated/α-hetero) is 1. The average Bonchev–Trinajstić information content (AvgIpc) is 2.08. The number of carbonyl (C=O) groups excluding carboxylic acids is 1. The first-order valence-electron chi connectivity index (χ1n) is 3.72. The van der Waals surface area contributed by atoms with Crippen molar-refractivity contribution in [2.75, 3.05) is 0 Å². The van der Waals surface area contributed by atoms with Crippen LogP contribution >= 0.6 is 0 Å². The lowest BCUT2D eigenvalue weighted by Gasteiger charge is -2.07. The van der Waals surface area contributed by atoms with Gasteiger partial charge in [-0.25, -0.2) is 0 Å². The smallest absolute Gasteiger partial charge is 0.162 e. The van der Waals surface area contributed by atoms with Crippen molar-refractivity contribution in [3.8, 4) is 11.5 Å². The first kappa shape index (κ1) is 9.54. The number of phenolic OH excluding ortho intramolecular Hbond substituents is 2. The molecular weight excluding hydrogens is 172 g/mol. The summed E-state index contributed by atoms with van der Waals surface area (Å²) >= 11 is 0. The van der Waals surface area contributed by atoms with Gasteiger partial charge in [-0.1, -0.05) is 6.07 Å². The van der Waals surface area contributed by atoms with Crippen molar-refractivity contribution in [2.45, 2.75) is 13.0 Å². The molecule has 0 heterocycles. The fourth-order valence-corrected chi connectivity index (χ4v) is 0.945. The van der Waals surface area contributed by atoms with Crippen LogP contribution in [0.2, 0.25) is 0 Å². The number of ketones is 1. The summed E-state index contributed by atoms with van der Waals surface area (Å²) in [6, 6.07) is 3.75. The largest absolute Gasteiger partial charge is 0.504 e. The zero-order valence-electron chi connectivity index (χ0n) is 7.06. The van der Waals surface area contributed by atoms with Crippen molar-refractivity contribution in [1.82, 2.24) is 0 Å². The molecule has 1 rings (SSSR count). The van der Waals surface area contributed by atoms with Crippen LogP contribution in [-0.4, -0.2) is 21.1 Å². The van der Waals surface area contributed by atoms with Crippen LogP contribution in [0.3, 0.4) is 0 Å². The fourth-order valence-electron chi connectivity index (χ4n) is 0.945. The number of aliphatic hydroxyl groups excluding tert-OH is 1. The second-order valence-electron chi connectivity index (χ2n) is 2.76. The topological polar surface area (TPSA) is 77.8 Å². The van der Waals surface area contributed by atoms with E-state index >= 15 is 0 Å². The van der Waals surface area contributed by atoms with Crippen LogP contribution in [-0.2, 0) is 4.79 Å². The van der Waals surface area contributed by atoms with Gasteiger partial charge < -0.3 is 15.3 Å². The number of aliphatic hydroxyl groups is 1. The van der Waals surface area contributed by atoms with Gasteiger partial charge in [0.1, 0.15) is 6.10 Å². The van der Waals surface area contributed by atoms with Crippen LogP contribution in [0.15, 0.2) is 18.2 Å². The molecular formula is C9H10O4. The Morgan fingerprint density at radius 2 is 1.92 bits per heavy atom. The summed E-state index contributed by atoms with van der Waals surface area (Å²) < 4.78 is 0. The number of benzene rings is 1. The molecule has 0 amide bonds. The molecule has 1 aromatic carbocycles. The molecule has 0 aliphatic rings. The summed E-state index contributed by atoms with van der Waals surface area (Å²) in [5, 5.41) is 27.3. The molecule has 0 aromatic heterocycles. The molecule has 0 fully saturated rings. The molecule has 0 saturated heterocycles. The summed E-state index contributed by atoms with van der Waals surface area (Å²) in [6.07, 6.45) is -1.24.